The molecule has 2 aromatic heterocycles. The van der Waals surface area contributed by atoms with Gasteiger partial charge in [-0.05, 0) is 23.8 Å². The lowest BCUT2D eigenvalue weighted by molar-refractivity contribution is 0.475. The number of hydrogen-bond donors (Lipinski definition) is 2. The summed E-state index contributed by atoms with van der Waals surface area (Å²) in [6.07, 6.45) is 1.71. The van der Waals surface area contributed by atoms with Crippen LogP contribution in [0.3, 0.4) is 0 Å². The lowest BCUT2D eigenvalue weighted by Gasteiger charge is -2.00. The molecular formula is C11H10Cl2N4O. The molecule has 5 nitrogen and oxygen atoms in total. The van der Waals surface area contributed by atoms with Crippen molar-refractivity contribution in [2.45, 2.75) is 0 Å². The molecule has 0 aliphatic rings. The molecule has 0 aliphatic heterocycles. The maximum Gasteiger partial charge on any atom is 0.201 e. The van der Waals surface area contributed by atoms with Crippen molar-refractivity contribution in [3.63, 3.8) is 0 Å². The third-order valence-corrected chi connectivity index (χ3v) is 2.35. The van der Waals surface area contributed by atoms with Gasteiger partial charge in [0.05, 0.1) is 0 Å². The minimum atomic E-state index is 0. The van der Waals surface area contributed by atoms with E-state index in [-0.39, 0.29) is 30.6 Å². The Morgan fingerprint density at radius 2 is 1.83 bits per heavy atom. The Morgan fingerprint density at radius 3 is 2.61 bits per heavy atom. The van der Waals surface area contributed by atoms with Gasteiger partial charge in [0.15, 0.2) is 0 Å². The van der Waals surface area contributed by atoms with Crippen LogP contribution in [0.25, 0.3) is 22.3 Å². The van der Waals surface area contributed by atoms with Crippen LogP contribution in [0, 0.1) is 0 Å². The molecule has 0 amide bonds. The van der Waals surface area contributed by atoms with Gasteiger partial charge in [-0.15, -0.1) is 29.9 Å². The first kappa shape index (κ1) is 14.2. The Balaban J connectivity index is 0.000000810. The fourth-order valence-electron chi connectivity index (χ4n) is 1.58. The van der Waals surface area contributed by atoms with Crippen LogP contribution in [0.4, 0.5) is 0 Å². The number of nitrogens with one attached hydrogen (secondary N) is 1. The summed E-state index contributed by atoms with van der Waals surface area (Å²) in [5, 5.41) is 19.7. The van der Waals surface area contributed by atoms with Crippen LogP contribution in [0.2, 0.25) is 0 Å². The average Bonchev–Trinajstić information content (AvgIpc) is 2.75. The summed E-state index contributed by atoms with van der Waals surface area (Å²) >= 11 is 0. The molecule has 3 rings (SSSR count). The number of hydrogen-bond acceptors (Lipinski definition) is 4. The number of nitrogens with zero attached hydrogens (tertiary/aromatic N) is 3. The Morgan fingerprint density at radius 1 is 1.00 bits per heavy atom. The molecule has 2 heterocycles. The summed E-state index contributed by atoms with van der Waals surface area (Å²) < 4.78 is 0. The molecule has 3 aromatic rings. The highest BCUT2D eigenvalue weighted by Crippen LogP contribution is 2.23. The molecule has 0 radical (unpaired) electrons. The molecule has 18 heavy (non-hydrogen) atoms. The van der Waals surface area contributed by atoms with Gasteiger partial charge in [0.1, 0.15) is 11.3 Å². The Labute approximate surface area is 115 Å². The monoisotopic (exact) mass is 284 g/mol. The van der Waals surface area contributed by atoms with Gasteiger partial charge in [0.25, 0.3) is 0 Å². The first-order chi connectivity index (χ1) is 7.83. The van der Waals surface area contributed by atoms with Crippen LogP contribution in [0.15, 0.2) is 36.5 Å². The van der Waals surface area contributed by atoms with Crippen LogP contribution in [-0.4, -0.2) is 25.5 Å². The minimum Gasteiger partial charge on any atom is -0.508 e. The Hall–Kier alpha value is -1.85. The molecule has 0 saturated heterocycles. The molecule has 0 fully saturated rings. The zero-order chi connectivity index (χ0) is 11.0. The lowest BCUT2D eigenvalue weighted by atomic mass is 10.1. The number of rotatable bonds is 1. The number of halogens is 2. The highest BCUT2D eigenvalue weighted by atomic mass is 35.5. The number of benzene rings is 1. The number of phenols is 1. The van der Waals surface area contributed by atoms with E-state index in [2.05, 4.69) is 20.4 Å². The molecule has 0 aliphatic carbocycles. The van der Waals surface area contributed by atoms with E-state index in [1.807, 2.05) is 12.1 Å². The van der Waals surface area contributed by atoms with Gasteiger partial charge in [-0.25, -0.2) is 4.98 Å². The van der Waals surface area contributed by atoms with Crippen LogP contribution in [0.1, 0.15) is 0 Å². The van der Waals surface area contributed by atoms with E-state index >= 15 is 0 Å². The number of aromatic amines is 1. The van der Waals surface area contributed by atoms with Gasteiger partial charge in [-0.1, -0.05) is 12.1 Å². The summed E-state index contributed by atoms with van der Waals surface area (Å²) in [6, 6.07) is 8.88. The van der Waals surface area contributed by atoms with E-state index < -0.39 is 0 Å². The van der Waals surface area contributed by atoms with E-state index in [9.17, 15) is 5.11 Å². The van der Waals surface area contributed by atoms with Gasteiger partial charge >= 0.3 is 0 Å². The van der Waals surface area contributed by atoms with Crippen LogP contribution < -0.4 is 0 Å². The normalized spacial score (nSPS) is 9.56. The first-order valence-corrected chi connectivity index (χ1v) is 4.79. The SMILES string of the molecule is Cl.Cl.Oc1cccc(-c2cnc3n[nH]nc3c2)c1. The molecule has 0 unspecified atom stereocenters. The highest BCUT2D eigenvalue weighted by molar-refractivity contribution is 5.85. The van der Waals surface area contributed by atoms with E-state index in [4.69, 9.17) is 0 Å². The van der Waals surface area contributed by atoms with E-state index in [0.717, 1.165) is 11.1 Å². The largest absolute Gasteiger partial charge is 0.508 e. The van der Waals surface area contributed by atoms with Crippen molar-refractivity contribution in [2.24, 2.45) is 0 Å². The molecule has 0 saturated carbocycles. The first-order valence-electron chi connectivity index (χ1n) is 4.79. The third kappa shape index (κ3) is 2.52. The predicted molar refractivity (Wildman–Crippen MR) is 73.3 cm³/mol. The van der Waals surface area contributed by atoms with Crippen molar-refractivity contribution in [3.05, 3.63) is 36.5 Å². The fourth-order valence-corrected chi connectivity index (χ4v) is 1.58. The van der Waals surface area contributed by atoms with Crippen molar-refractivity contribution in [1.82, 2.24) is 20.4 Å². The summed E-state index contributed by atoms with van der Waals surface area (Å²) in [5.41, 5.74) is 3.10. The molecule has 1 aromatic carbocycles. The molecule has 0 bridgehead atoms. The number of fused-ring (bicyclic) bond motifs is 1. The predicted octanol–water partition coefficient (Wildman–Crippen LogP) is 2.57. The van der Waals surface area contributed by atoms with Crippen LogP contribution in [0.5, 0.6) is 5.75 Å². The van der Waals surface area contributed by atoms with Crippen molar-refractivity contribution >= 4 is 36.0 Å². The quantitative estimate of drug-likeness (QED) is 0.720. The van der Waals surface area contributed by atoms with Gasteiger partial charge in [-0.2, -0.15) is 10.3 Å². The molecule has 94 valence electrons. The minimum absolute atomic E-state index is 0. The maximum absolute atomic E-state index is 9.39. The second kappa shape index (κ2) is 5.66. The molecule has 0 spiro atoms. The average molecular weight is 285 g/mol. The summed E-state index contributed by atoms with van der Waals surface area (Å²) in [7, 11) is 0. The second-order valence-corrected chi connectivity index (χ2v) is 3.44. The van der Waals surface area contributed by atoms with Crippen LogP contribution >= 0.6 is 24.8 Å². The molecule has 2 N–H and O–H groups in total. The van der Waals surface area contributed by atoms with E-state index in [1.54, 1.807) is 24.4 Å². The molecular weight excluding hydrogens is 275 g/mol. The zero-order valence-electron chi connectivity index (χ0n) is 9.07. The van der Waals surface area contributed by atoms with Gasteiger partial charge in [0, 0.05) is 11.8 Å². The smallest absolute Gasteiger partial charge is 0.201 e. The zero-order valence-corrected chi connectivity index (χ0v) is 10.7. The van der Waals surface area contributed by atoms with Crippen molar-refractivity contribution in [3.8, 4) is 16.9 Å². The van der Waals surface area contributed by atoms with Crippen LogP contribution in [-0.2, 0) is 0 Å². The molecule has 0 atom stereocenters. The van der Waals surface area contributed by atoms with Gasteiger partial charge in [-0.3, -0.25) is 0 Å². The fraction of sp³-hybridized carbons (Fsp3) is 0. The number of pyridine rings is 1. The van der Waals surface area contributed by atoms with Crippen molar-refractivity contribution in [2.75, 3.05) is 0 Å². The Bertz CT molecular complexity index is 656. The third-order valence-electron chi connectivity index (χ3n) is 2.35. The summed E-state index contributed by atoms with van der Waals surface area (Å²) in [6.45, 7) is 0. The Kier molecular flexibility index (Phi) is 4.47. The van der Waals surface area contributed by atoms with E-state index in [1.165, 1.54) is 0 Å². The van der Waals surface area contributed by atoms with Gasteiger partial charge in [0.2, 0.25) is 5.65 Å². The number of aromatic nitrogens is 4. The van der Waals surface area contributed by atoms with Crippen molar-refractivity contribution < 1.29 is 5.11 Å². The summed E-state index contributed by atoms with van der Waals surface area (Å²) in [4.78, 5) is 4.16. The summed E-state index contributed by atoms with van der Waals surface area (Å²) in [5.74, 6) is 0.234. The standard InChI is InChI=1S/C11H8N4O.2ClH/c16-9-3-1-2-7(4-9)8-5-10-11(12-6-8)14-15-13-10;;/h1-6,16H,(H,12,13,14,15);2*1H. The van der Waals surface area contributed by atoms with Gasteiger partial charge < -0.3 is 5.11 Å². The maximum atomic E-state index is 9.39. The lowest BCUT2D eigenvalue weighted by Crippen LogP contribution is -1.81. The topological polar surface area (TPSA) is 74.7 Å². The number of aromatic hydroxyl groups is 1. The van der Waals surface area contributed by atoms with E-state index in [0.29, 0.717) is 11.2 Å². The molecule has 7 heteroatoms. The second-order valence-electron chi connectivity index (χ2n) is 3.44. The number of phenolic OH excluding ortho intramolecular Hbond substituents is 1. The van der Waals surface area contributed by atoms with Crippen molar-refractivity contribution in [1.29, 1.82) is 0 Å². The highest BCUT2D eigenvalue weighted by Gasteiger charge is 2.03. The number of H-pyrrole nitrogens is 1.